The predicted molar refractivity (Wildman–Crippen MR) is 51.7 cm³/mol. The molecule has 1 aromatic rings. The molecule has 0 saturated carbocycles. The minimum absolute atomic E-state index is 0. The van der Waals surface area contributed by atoms with Gasteiger partial charge in [-0.05, 0) is 11.5 Å². The van der Waals surface area contributed by atoms with E-state index in [9.17, 15) is 0 Å². The lowest BCUT2D eigenvalue weighted by atomic mass is 10.5. The Morgan fingerprint density at radius 2 is 2.09 bits per heavy atom. The van der Waals surface area contributed by atoms with Crippen LogP contribution in [0.4, 0.5) is 0 Å². The van der Waals surface area contributed by atoms with Gasteiger partial charge < -0.3 is 5.73 Å². The summed E-state index contributed by atoms with van der Waals surface area (Å²) in [7, 11) is 0. The van der Waals surface area contributed by atoms with E-state index >= 15 is 0 Å². The fourth-order valence-electron chi connectivity index (χ4n) is 0.517. The lowest BCUT2D eigenvalue weighted by Gasteiger charge is -1.80. The highest BCUT2D eigenvalue weighted by atomic mass is 35.5. The van der Waals surface area contributed by atoms with Crippen LogP contribution in [0, 0.1) is 0 Å². The molecule has 1 heterocycles. The van der Waals surface area contributed by atoms with E-state index in [1.165, 1.54) is 11.5 Å². The molecule has 0 fully saturated rings. The van der Waals surface area contributed by atoms with Crippen LogP contribution in [0.15, 0.2) is 0 Å². The van der Waals surface area contributed by atoms with Gasteiger partial charge in [0.05, 0.1) is 0 Å². The predicted octanol–water partition coefficient (Wildman–Crippen LogP) is 1.40. The van der Waals surface area contributed by atoms with Crippen molar-refractivity contribution in [2.45, 2.75) is 19.9 Å². The van der Waals surface area contributed by atoms with Crippen molar-refractivity contribution in [3.63, 3.8) is 0 Å². The zero-order valence-corrected chi connectivity index (χ0v) is 8.56. The number of hydrogen-bond acceptors (Lipinski definition) is 4. The van der Waals surface area contributed by atoms with E-state index in [-0.39, 0.29) is 24.8 Å². The highest BCUT2D eigenvalue weighted by Crippen LogP contribution is 2.02. The van der Waals surface area contributed by atoms with Gasteiger partial charge in [0.15, 0.2) is 0 Å². The zero-order chi connectivity index (χ0) is 6.69. The van der Waals surface area contributed by atoms with Crippen molar-refractivity contribution in [2.24, 2.45) is 5.73 Å². The second-order valence-electron chi connectivity index (χ2n) is 1.66. The molecule has 3 nitrogen and oxygen atoms in total. The summed E-state index contributed by atoms with van der Waals surface area (Å²) in [6.07, 6.45) is 0.899. The monoisotopic (exact) mass is 215 g/mol. The zero-order valence-electron chi connectivity index (χ0n) is 6.11. The molecule has 0 amide bonds. The van der Waals surface area contributed by atoms with Crippen molar-refractivity contribution in [2.75, 3.05) is 0 Å². The molecule has 6 heteroatoms. The third kappa shape index (κ3) is 3.86. The van der Waals surface area contributed by atoms with Gasteiger partial charge in [-0.15, -0.1) is 24.8 Å². The van der Waals surface area contributed by atoms with Gasteiger partial charge in [-0.3, -0.25) is 0 Å². The van der Waals surface area contributed by atoms with E-state index in [1.54, 1.807) is 0 Å². The van der Waals surface area contributed by atoms with E-state index in [0.717, 1.165) is 17.3 Å². The lowest BCUT2D eigenvalue weighted by Crippen LogP contribution is -1.95. The summed E-state index contributed by atoms with van der Waals surface area (Å²) in [6.45, 7) is 2.54. The van der Waals surface area contributed by atoms with Crippen LogP contribution >= 0.6 is 36.3 Å². The SMILES string of the molecule is CCc1nsc(CN)n1.Cl.Cl. The number of nitrogens with two attached hydrogens (primary N) is 1. The van der Waals surface area contributed by atoms with Gasteiger partial charge in [-0.2, -0.15) is 4.37 Å². The summed E-state index contributed by atoms with van der Waals surface area (Å²) in [5.74, 6) is 0.903. The van der Waals surface area contributed by atoms with E-state index in [4.69, 9.17) is 5.73 Å². The fourth-order valence-corrected chi connectivity index (χ4v) is 1.12. The first kappa shape index (κ1) is 13.7. The first-order chi connectivity index (χ1) is 4.36. The minimum atomic E-state index is 0. The summed E-state index contributed by atoms with van der Waals surface area (Å²) in [6, 6.07) is 0. The van der Waals surface area contributed by atoms with Crippen LogP contribution in [0.2, 0.25) is 0 Å². The quantitative estimate of drug-likeness (QED) is 0.812. The van der Waals surface area contributed by atoms with Gasteiger partial charge in [0.2, 0.25) is 0 Å². The van der Waals surface area contributed by atoms with Gasteiger partial charge in [-0.25, -0.2) is 4.98 Å². The van der Waals surface area contributed by atoms with Crippen LogP contribution in [-0.4, -0.2) is 9.36 Å². The Morgan fingerprint density at radius 1 is 1.45 bits per heavy atom. The Kier molecular flexibility index (Phi) is 8.44. The highest BCUT2D eigenvalue weighted by Gasteiger charge is 1.97. The summed E-state index contributed by atoms with van der Waals surface area (Å²) < 4.78 is 4.06. The molecule has 0 saturated heterocycles. The molecule has 2 N–H and O–H groups in total. The van der Waals surface area contributed by atoms with Crippen LogP contribution < -0.4 is 5.73 Å². The molecule has 0 radical (unpaired) electrons. The Hall–Kier alpha value is 0.1000. The Labute approximate surface area is 82.4 Å². The maximum atomic E-state index is 5.33. The average Bonchev–Trinajstić information content (AvgIpc) is 2.34. The number of aryl methyl sites for hydroxylation is 1. The van der Waals surface area contributed by atoms with Crippen LogP contribution in [-0.2, 0) is 13.0 Å². The summed E-state index contributed by atoms with van der Waals surface area (Å²) in [4.78, 5) is 4.13. The topological polar surface area (TPSA) is 51.8 Å². The van der Waals surface area contributed by atoms with Crippen LogP contribution in [0.5, 0.6) is 0 Å². The second-order valence-corrected chi connectivity index (χ2v) is 2.50. The number of halogens is 2. The molecule has 1 rings (SSSR count). The van der Waals surface area contributed by atoms with Crippen LogP contribution in [0.1, 0.15) is 17.8 Å². The molecular formula is C5H11Cl2N3S. The highest BCUT2D eigenvalue weighted by molar-refractivity contribution is 7.05. The summed E-state index contributed by atoms with van der Waals surface area (Å²) in [5.41, 5.74) is 5.33. The molecule has 66 valence electrons. The van der Waals surface area contributed by atoms with E-state index in [1.807, 2.05) is 6.92 Å². The summed E-state index contributed by atoms with van der Waals surface area (Å²) >= 11 is 1.39. The fraction of sp³-hybridized carbons (Fsp3) is 0.600. The standard InChI is InChI=1S/C5H9N3S.2ClH/c1-2-4-7-5(3-6)9-8-4;;/h2-3,6H2,1H3;2*1H. The molecule has 0 unspecified atom stereocenters. The number of hydrogen-bond donors (Lipinski definition) is 1. The van der Waals surface area contributed by atoms with E-state index in [2.05, 4.69) is 9.36 Å². The number of nitrogens with zero attached hydrogens (tertiary/aromatic N) is 2. The molecule has 1 aromatic heterocycles. The molecule has 0 aliphatic rings. The molecule has 0 bridgehead atoms. The van der Waals surface area contributed by atoms with Gasteiger partial charge in [-0.1, -0.05) is 6.92 Å². The van der Waals surface area contributed by atoms with Crippen molar-refractivity contribution in [1.29, 1.82) is 0 Å². The van der Waals surface area contributed by atoms with Gasteiger partial charge in [0, 0.05) is 13.0 Å². The average molecular weight is 216 g/mol. The molecule has 0 aliphatic carbocycles. The molecule has 11 heavy (non-hydrogen) atoms. The Balaban J connectivity index is 0. The first-order valence-corrected chi connectivity index (χ1v) is 3.65. The Bertz CT molecular complexity index is 173. The van der Waals surface area contributed by atoms with Crippen molar-refractivity contribution < 1.29 is 0 Å². The van der Waals surface area contributed by atoms with Crippen molar-refractivity contribution in [3.05, 3.63) is 10.8 Å². The second kappa shape index (κ2) is 6.79. The largest absolute Gasteiger partial charge is 0.324 e. The van der Waals surface area contributed by atoms with Gasteiger partial charge in [0.25, 0.3) is 0 Å². The third-order valence-electron chi connectivity index (χ3n) is 1.00. The maximum absolute atomic E-state index is 5.33. The van der Waals surface area contributed by atoms with Gasteiger partial charge >= 0.3 is 0 Å². The Morgan fingerprint density at radius 3 is 2.36 bits per heavy atom. The van der Waals surface area contributed by atoms with E-state index < -0.39 is 0 Å². The first-order valence-electron chi connectivity index (χ1n) is 2.88. The number of aromatic nitrogens is 2. The number of rotatable bonds is 2. The smallest absolute Gasteiger partial charge is 0.142 e. The van der Waals surface area contributed by atoms with Crippen molar-refractivity contribution >= 4 is 36.3 Å². The molecule has 0 aromatic carbocycles. The maximum Gasteiger partial charge on any atom is 0.142 e. The minimum Gasteiger partial charge on any atom is -0.324 e. The van der Waals surface area contributed by atoms with Crippen LogP contribution in [0.25, 0.3) is 0 Å². The molecule has 0 aliphatic heterocycles. The molecular weight excluding hydrogens is 205 g/mol. The van der Waals surface area contributed by atoms with Crippen LogP contribution in [0.3, 0.4) is 0 Å². The van der Waals surface area contributed by atoms with Gasteiger partial charge in [0.1, 0.15) is 10.8 Å². The molecule has 0 atom stereocenters. The normalized spacial score (nSPS) is 8.18. The van der Waals surface area contributed by atoms with E-state index in [0.29, 0.717) is 6.54 Å². The van der Waals surface area contributed by atoms with Crippen molar-refractivity contribution in [1.82, 2.24) is 9.36 Å². The third-order valence-corrected chi connectivity index (χ3v) is 1.77. The lowest BCUT2D eigenvalue weighted by molar-refractivity contribution is 0.949. The van der Waals surface area contributed by atoms with Crippen molar-refractivity contribution in [3.8, 4) is 0 Å². The molecule has 0 spiro atoms. The summed E-state index contributed by atoms with van der Waals surface area (Å²) in [5, 5.41) is 0.923.